The van der Waals surface area contributed by atoms with Gasteiger partial charge in [-0.05, 0) is 37.1 Å². The van der Waals surface area contributed by atoms with Gasteiger partial charge in [-0.1, -0.05) is 12.1 Å². The van der Waals surface area contributed by atoms with Crippen LogP contribution in [0.4, 0.5) is 4.39 Å². The molecule has 21 heavy (non-hydrogen) atoms. The van der Waals surface area contributed by atoms with Crippen molar-refractivity contribution in [3.63, 3.8) is 0 Å². The van der Waals surface area contributed by atoms with E-state index in [9.17, 15) is 12.8 Å². The molecule has 0 aromatic heterocycles. The van der Waals surface area contributed by atoms with Gasteiger partial charge in [-0.3, -0.25) is 0 Å². The van der Waals surface area contributed by atoms with E-state index in [2.05, 4.69) is 5.16 Å². The van der Waals surface area contributed by atoms with Crippen LogP contribution in [-0.4, -0.2) is 36.9 Å². The standard InChI is InChI=1S/C13H18FN3O3S/c1-13(12(15)16-18)6-8-17(9-7-13)21(19,20)11-4-2-10(14)3-5-11/h2-5,18H,6-9H2,1H3,(H2,15,16). The lowest BCUT2D eigenvalue weighted by Crippen LogP contribution is -2.47. The SMILES string of the molecule is CC1(/C(N)=N/O)CCN(S(=O)(=O)c2ccc(F)cc2)CC1. The van der Waals surface area contributed by atoms with Gasteiger partial charge in [-0.25, -0.2) is 12.8 Å². The molecule has 1 aliphatic heterocycles. The average Bonchev–Trinajstić information content (AvgIpc) is 2.47. The lowest BCUT2D eigenvalue weighted by molar-refractivity contribution is 0.230. The molecule has 2 rings (SSSR count). The van der Waals surface area contributed by atoms with E-state index < -0.39 is 21.3 Å². The average molecular weight is 315 g/mol. The summed E-state index contributed by atoms with van der Waals surface area (Å²) in [7, 11) is -3.64. The van der Waals surface area contributed by atoms with Crippen LogP contribution in [0.5, 0.6) is 0 Å². The van der Waals surface area contributed by atoms with Crippen LogP contribution in [0.2, 0.25) is 0 Å². The van der Waals surface area contributed by atoms with E-state index in [-0.39, 0.29) is 23.8 Å². The molecule has 6 nitrogen and oxygen atoms in total. The zero-order chi connectivity index (χ0) is 15.7. The number of halogens is 1. The van der Waals surface area contributed by atoms with E-state index in [4.69, 9.17) is 10.9 Å². The Hall–Kier alpha value is -1.67. The van der Waals surface area contributed by atoms with E-state index in [1.54, 1.807) is 0 Å². The molecule has 1 aromatic carbocycles. The van der Waals surface area contributed by atoms with Gasteiger partial charge in [0.25, 0.3) is 0 Å². The summed E-state index contributed by atoms with van der Waals surface area (Å²) in [5, 5.41) is 11.8. The van der Waals surface area contributed by atoms with Crippen molar-refractivity contribution in [2.45, 2.75) is 24.7 Å². The second kappa shape index (κ2) is 5.61. The molecule has 0 spiro atoms. The van der Waals surface area contributed by atoms with Crippen molar-refractivity contribution >= 4 is 15.9 Å². The summed E-state index contributed by atoms with van der Waals surface area (Å²) in [6.45, 7) is 2.38. The fourth-order valence-electron chi connectivity index (χ4n) is 2.35. The smallest absolute Gasteiger partial charge is 0.243 e. The van der Waals surface area contributed by atoms with Crippen molar-refractivity contribution in [1.82, 2.24) is 4.31 Å². The molecule has 0 atom stereocenters. The monoisotopic (exact) mass is 315 g/mol. The Labute approximate surface area is 123 Å². The molecule has 0 bridgehead atoms. The third-order valence-corrected chi connectivity index (χ3v) is 5.92. The molecule has 0 saturated carbocycles. The number of hydrogen-bond donors (Lipinski definition) is 2. The van der Waals surface area contributed by atoms with Crippen LogP contribution >= 0.6 is 0 Å². The normalized spacial score (nSPS) is 20.4. The van der Waals surface area contributed by atoms with Gasteiger partial charge in [0.15, 0.2) is 0 Å². The maximum atomic E-state index is 12.9. The van der Waals surface area contributed by atoms with Crippen molar-refractivity contribution in [3.8, 4) is 0 Å². The van der Waals surface area contributed by atoms with Crippen molar-refractivity contribution in [1.29, 1.82) is 0 Å². The minimum absolute atomic E-state index is 0.0660. The van der Waals surface area contributed by atoms with Crippen LogP contribution in [0.15, 0.2) is 34.3 Å². The van der Waals surface area contributed by atoms with Gasteiger partial charge in [-0.15, -0.1) is 0 Å². The van der Waals surface area contributed by atoms with Crippen molar-refractivity contribution in [3.05, 3.63) is 30.1 Å². The third kappa shape index (κ3) is 3.01. The molecule has 3 N–H and O–H groups in total. The molecular weight excluding hydrogens is 297 g/mol. The summed E-state index contributed by atoms with van der Waals surface area (Å²) >= 11 is 0. The second-order valence-corrected chi connectivity index (χ2v) is 7.34. The number of amidine groups is 1. The highest BCUT2D eigenvalue weighted by molar-refractivity contribution is 7.89. The molecule has 1 aromatic rings. The fourth-order valence-corrected chi connectivity index (χ4v) is 3.79. The van der Waals surface area contributed by atoms with Gasteiger partial charge in [-0.2, -0.15) is 4.31 Å². The molecule has 1 aliphatic rings. The summed E-state index contributed by atoms with van der Waals surface area (Å²) < 4.78 is 39.1. The van der Waals surface area contributed by atoms with Gasteiger partial charge < -0.3 is 10.9 Å². The van der Waals surface area contributed by atoms with Gasteiger partial charge in [0.2, 0.25) is 10.0 Å². The molecule has 116 valence electrons. The molecule has 8 heteroatoms. The molecule has 1 saturated heterocycles. The Morgan fingerprint density at radius 1 is 1.33 bits per heavy atom. The zero-order valence-corrected chi connectivity index (χ0v) is 12.5. The highest BCUT2D eigenvalue weighted by atomic mass is 32.2. The second-order valence-electron chi connectivity index (χ2n) is 5.40. The number of nitrogens with zero attached hydrogens (tertiary/aromatic N) is 2. The lowest BCUT2D eigenvalue weighted by atomic mass is 9.80. The van der Waals surface area contributed by atoms with E-state index in [1.807, 2.05) is 6.92 Å². The van der Waals surface area contributed by atoms with Gasteiger partial charge in [0.1, 0.15) is 11.7 Å². The highest BCUT2D eigenvalue weighted by Gasteiger charge is 2.38. The first kappa shape index (κ1) is 15.7. The van der Waals surface area contributed by atoms with E-state index in [0.717, 1.165) is 12.1 Å². The van der Waals surface area contributed by atoms with Gasteiger partial charge in [0.05, 0.1) is 4.90 Å². The molecule has 1 fully saturated rings. The fraction of sp³-hybridized carbons (Fsp3) is 0.462. The summed E-state index contributed by atoms with van der Waals surface area (Å²) in [6.07, 6.45) is 0.923. The third-order valence-electron chi connectivity index (χ3n) is 4.00. The van der Waals surface area contributed by atoms with Crippen LogP contribution in [0.1, 0.15) is 19.8 Å². The Balaban J connectivity index is 2.16. The van der Waals surface area contributed by atoms with Crippen molar-refractivity contribution < 1.29 is 18.0 Å². The van der Waals surface area contributed by atoms with Crippen LogP contribution in [0.3, 0.4) is 0 Å². The number of hydrogen-bond acceptors (Lipinski definition) is 4. The largest absolute Gasteiger partial charge is 0.409 e. The summed E-state index contributed by atoms with van der Waals surface area (Å²) in [5.41, 5.74) is 5.14. The molecule has 0 amide bonds. The molecule has 0 radical (unpaired) electrons. The Morgan fingerprint density at radius 3 is 2.33 bits per heavy atom. The van der Waals surface area contributed by atoms with Crippen LogP contribution in [0, 0.1) is 11.2 Å². The summed E-state index contributed by atoms with van der Waals surface area (Å²) in [4.78, 5) is 0.0660. The van der Waals surface area contributed by atoms with Crippen molar-refractivity contribution in [2.75, 3.05) is 13.1 Å². The number of nitrogens with two attached hydrogens (primary N) is 1. The van der Waals surface area contributed by atoms with Gasteiger partial charge >= 0.3 is 0 Å². The first-order valence-electron chi connectivity index (χ1n) is 6.53. The minimum atomic E-state index is -3.64. The van der Waals surface area contributed by atoms with Gasteiger partial charge in [0, 0.05) is 18.5 Å². The number of rotatable bonds is 3. The summed E-state index contributed by atoms with van der Waals surface area (Å²) in [6, 6.07) is 4.75. The number of piperidine rings is 1. The molecule has 0 aliphatic carbocycles. The molecule has 1 heterocycles. The van der Waals surface area contributed by atoms with Crippen LogP contribution in [-0.2, 0) is 10.0 Å². The summed E-state index contributed by atoms with van der Waals surface area (Å²) in [5.74, 6) is -0.367. The Morgan fingerprint density at radius 2 is 1.86 bits per heavy atom. The minimum Gasteiger partial charge on any atom is -0.409 e. The molecule has 0 unspecified atom stereocenters. The molecular formula is C13H18FN3O3S. The number of sulfonamides is 1. The highest BCUT2D eigenvalue weighted by Crippen LogP contribution is 2.33. The maximum Gasteiger partial charge on any atom is 0.243 e. The number of oxime groups is 1. The predicted molar refractivity (Wildman–Crippen MR) is 75.9 cm³/mol. The van der Waals surface area contributed by atoms with E-state index >= 15 is 0 Å². The van der Waals surface area contributed by atoms with Crippen molar-refractivity contribution in [2.24, 2.45) is 16.3 Å². The topological polar surface area (TPSA) is 96.0 Å². The first-order chi connectivity index (χ1) is 9.79. The first-order valence-corrected chi connectivity index (χ1v) is 7.97. The van der Waals surface area contributed by atoms with E-state index in [1.165, 1.54) is 16.4 Å². The lowest BCUT2D eigenvalue weighted by Gasteiger charge is -2.37. The predicted octanol–water partition coefficient (Wildman–Crippen LogP) is 1.36. The van der Waals surface area contributed by atoms with Crippen LogP contribution < -0.4 is 5.73 Å². The Kier molecular flexibility index (Phi) is 4.20. The van der Waals surface area contributed by atoms with E-state index in [0.29, 0.717) is 12.8 Å². The maximum absolute atomic E-state index is 12.9. The van der Waals surface area contributed by atoms with Crippen LogP contribution in [0.25, 0.3) is 0 Å². The quantitative estimate of drug-likeness (QED) is 0.381. The number of benzene rings is 1. The Bertz CT molecular complexity index is 635. The zero-order valence-electron chi connectivity index (χ0n) is 11.7.